The van der Waals surface area contributed by atoms with Crippen molar-refractivity contribution >= 4 is 40.9 Å². The number of hydrogen-bond acceptors (Lipinski definition) is 7. The molecule has 0 spiro atoms. The van der Waals surface area contributed by atoms with Crippen LogP contribution < -0.4 is 20.1 Å². The number of ether oxygens (including phenoxy) is 2. The monoisotopic (exact) mass is 561 g/mol. The molecular weight excluding hydrogens is 534 g/mol. The first-order valence-electron chi connectivity index (χ1n) is 12.5. The molecule has 1 aromatic heterocycles. The van der Waals surface area contributed by atoms with Crippen LogP contribution in [0, 0.1) is 0 Å². The molecule has 4 aromatic rings. The Morgan fingerprint density at radius 1 is 1.10 bits per heavy atom. The Hall–Kier alpha value is -3.95. The molecule has 2 heterocycles. The molecule has 0 aliphatic carbocycles. The van der Waals surface area contributed by atoms with Crippen LogP contribution in [-0.2, 0) is 10.5 Å². The summed E-state index contributed by atoms with van der Waals surface area (Å²) in [5.41, 5.74) is 3.71. The van der Waals surface area contributed by atoms with Crippen molar-refractivity contribution in [2.75, 3.05) is 24.4 Å². The van der Waals surface area contributed by atoms with E-state index in [1.54, 1.807) is 11.8 Å². The van der Waals surface area contributed by atoms with E-state index in [1.165, 1.54) is 11.8 Å². The number of carbonyl (C=O) groups excluding carboxylic acids is 1. The van der Waals surface area contributed by atoms with Gasteiger partial charge in [0.25, 0.3) is 5.91 Å². The molecule has 0 fully saturated rings. The van der Waals surface area contributed by atoms with Crippen molar-refractivity contribution in [3.63, 3.8) is 0 Å². The first kappa shape index (κ1) is 26.6. The summed E-state index contributed by atoms with van der Waals surface area (Å²) in [6.07, 6.45) is 0. The Balaban J connectivity index is 1.53. The lowest BCUT2D eigenvalue weighted by molar-refractivity contribution is -0.113. The predicted molar refractivity (Wildman–Crippen MR) is 155 cm³/mol. The molecule has 2 N–H and O–H groups in total. The summed E-state index contributed by atoms with van der Waals surface area (Å²) in [5, 5.41) is 12.4. The van der Waals surface area contributed by atoms with Gasteiger partial charge in [0.05, 0.1) is 19.3 Å². The number of halogens is 1. The van der Waals surface area contributed by atoms with Gasteiger partial charge in [0.1, 0.15) is 6.04 Å². The maximum absolute atomic E-state index is 13.7. The highest BCUT2D eigenvalue weighted by Gasteiger charge is 2.35. The number of rotatable bonds is 9. The highest BCUT2D eigenvalue weighted by atomic mass is 35.5. The number of benzene rings is 3. The Labute approximate surface area is 236 Å². The van der Waals surface area contributed by atoms with Gasteiger partial charge in [-0.25, -0.2) is 4.68 Å². The zero-order chi connectivity index (χ0) is 27.4. The third-order valence-corrected chi connectivity index (χ3v) is 7.48. The van der Waals surface area contributed by atoms with E-state index >= 15 is 0 Å². The normalized spacial score (nSPS) is 14.4. The zero-order valence-electron chi connectivity index (χ0n) is 21.8. The van der Waals surface area contributed by atoms with Gasteiger partial charge in [0.15, 0.2) is 11.5 Å². The van der Waals surface area contributed by atoms with Gasteiger partial charge in [-0.05, 0) is 55.3 Å². The molecule has 0 radical (unpaired) electrons. The summed E-state index contributed by atoms with van der Waals surface area (Å²) < 4.78 is 13.1. The van der Waals surface area contributed by atoms with Crippen molar-refractivity contribution in [2.24, 2.45) is 0 Å². The van der Waals surface area contributed by atoms with Gasteiger partial charge in [-0.1, -0.05) is 65.8 Å². The van der Waals surface area contributed by atoms with Crippen molar-refractivity contribution in [2.45, 2.75) is 30.8 Å². The van der Waals surface area contributed by atoms with Crippen molar-refractivity contribution in [1.29, 1.82) is 0 Å². The summed E-state index contributed by atoms with van der Waals surface area (Å²) in [4.78, 5) is 18.4. The van der Waals surface area contributed by atoms with Gasteiger partial charge in [0, 0.05) is 22.2 Å². The average Bonchev–Trinajstić information content (AvgIpc) is 3.35. The third-order valence-electron chi connectivity index (χ3n) is 6.23. The fourth-order valence-corrected chi connectivity index (χ4v) is 5.52. The van der Waals surface area contributed by atoms with E-state index in [0.717, 1.165) is 11.1 Å². The smallest absolute Gasteiger partial charge is 0.255 e. The van der Waals surface area contributed by atoms with E-state index in [9.17, 15) is 4.79 Å². The van der Waals surface area contributed by atoms with E-state index < -0.39 is 6.04 Å². The fraction of sp³-hybridized carbons (Fsp3) is 0.207. The lowest BCUT2D eigenvalue weighted by Crippen LogP contribution is -2.31. The number of thioether (sulfide) groups is 1. The second-order valence-electron chi connectivity index (χ2n) is 8.77. The van der Waals surface area contributed by atoms with Gasteiger partial charge in [-0.15, -0.1) is 5.10 Å². The minimum Gasteiger partial charge on any atom is -0.493 e. The van der Waals surface area contributed by atoms with Crippen LogP contribution >= 0.6 is 23.4 Å². The van der Waals surface area contributed by atoms with E-state index in [2.05, 4.69) is 10.6 Å². The highest BCUT2D eigenvalue weighted by molar-refractivity contribution is 7.98. The van der Waals surface area contributed by atoms with Crippen LogP contribution in [0.3, 0.4) is 0 Å². The van der Waals surface area contributed by atoms with Crippen LogP contribution in [0.4, 0.5) is 11.6 Å². The van der Waals surface area contributed by atoms with Crippen LogP contribution in [0.25, 0.3) is 0 Å². The molecule has 5 rings (SSSR count). The van der Waals surface area contributed by atoms with Crippen molar-refractivity contribution in [3.05, 3.63) is 100 Å². The predicted octanol–water partition coefficient (Wildman–Crippen LogP) is 6.56. The first-order valence-corrected chi connectivity index (χ1v) is 13.8. The van der Waals surface area contributed by atoms with E-state index in [1.807, 2.05) is 86.6 Å². The van der Waals surface area contributed by atoms with E-state index in [4.69, 9.17) is 31.2 Å². The number of fused-ring (bicyclic) bond motifs is 1. The van der Waals surface area contributed by atoms with Crippen LogP contribution in [-0.4, -0.2) is 34.4 Å². The molecule has 10 heteroatoms. The second kappa shape index (κ2) is 11.8. The van der Waals surface area contributed by atoms with Crippen molar-refractivity contribution in [1.82, 2.24) is 14.8 Å². The Morgan fingerprint density at radius 2 is 1.87 bits per heavy atom. The summed E-state index contributed by atoms with van der Waals surface area (Å²) in [7, 11) is 1.60. The zero-order valence-corrected chi connectivity index (χ0v) is 23.3. The Kier molecular flexibility index (Phi) is 8.09. The summed E-state index contributed by atoms with van der Waals surface area (Å²) in [6, 6.07) is 22.2. The molecular formula is C29H28ClN5O3S. The van der Waals surface area contributed by atoms with Gasteiger partial charge >= 0.3 is 0 Å². The Morgan fingerprint density at radius 3 is 2.62 bits per heavy atom. The summed E-state index contributed by atoms with van der Waals surface area (Å²) in [6.45, 7) is 4.29. The molecule has 1 amide bonds. The maximum Gasteiger partial charge on any atom is 0.255 e. The van der Waals surface area contributed by atoms with Gasteiger partial charge < -0.3 is 20.1 Å². The molecule has 0 saturated heterocycles. The molecule has 200 valence electrons. The number of hydrogen-bond donors (Lipinski definition) is 2. The van der Waals surface area contributed by atoms with Crippen molar-refractivity contribution < 1.29 is 14.3 Å². The lowest BCUT2D eigenvalue weighted by Gasteiger charge is -2.29. The molecule has 1 atom stereocenters. The summed E-state index contributed by atoms with van der Waals surface area (Å²) >= 11 is 7.83. The van der Waals surface area contributed by atoms with Gasteiger partial charge in [-0.3, -0.25) is 4.79 Å². The highest BCUT2D eigenvalue weighted by Crippen LogP contribution is 2.40. The maximum atomic E-state index is 13.7. The molecule has 1 unspecified atom stereocenters. The van der Waals surface area contributed by atoms with Crippen molar-refractivity contribution in [3.8, 4) is 11.5 Å². The molecule has 0 saturated carbocycles. The van der Waals surface area contributed by atoms with Crippen LogP contribution in [0.15, 0.2) is 89.2 Å². The minimum absolute atomic E-state index is 0.240. The standard InChI is InChI=1S/C29H28ClN5O3S/c1-4-38-23-15-14-19(16-24(23)37-3)26-25(27(36)32-21-11-6-5-7-12-21)18(2)31-28-33-29(34-35(26)28)39-17-20-10-8-9-13-22(20)30/h5-16,26H,4,17H2,1-3H3,(H,32,36)(H,31,33,34). The SMILES string of the molecule is CCOc1ccc(C2C(C(=O)Nc3ccccc3)=C(C)Nc3nc(SCc4ccccc4Cl)nn32)cc1OC. The molecule has 8 nitrogen and oxygen atoms in total. The molecule has 1 aliphatic rings. The van der Waals surface area contributed by atoms with Crippen LogP contribution in [0.2, 0.25) is 5.02 Å². The number of allylic oxidation sites excluding steroid dienone is 1. The number of anilines is 2. The van der Waals surface area contributed by atoms with E-state index in [-0.39, 0.29) is 5.91 Å². The number of aromatic nitrogens is 3. The second-order valence-corrected chi connectivity index (χ2v) is 10.1. The quantitative estimate of drug-likeness (QED) is 0.224. The number of nitrogens with zero attached hydrogens (tertiary/aromatic N) is 3. The van der Waals surface area contributed by atoms with Crippen LogP contribution in [0.1, 0.15) is 31.0 Å². The van der Waals surface area contributed by atoms with Crippen LogP contribution in [0.5, 0.6) is 11.5 Å². The number of amides is 1. The molecule has 3 aromatic carbocycles. The topological polar surface area (TPSA) is 90.3 Å². The van der Waals surface area contributed by atoms with Gasteiger partial charge in [-0.2, -0.15) is 4.98 Å². The third kappa shape index (κ3) is 5.74. The minimum atomic E-state index is -0.559. The molecule has 39 heavy (non-hydrogen) atoms. The fourth-order valence-electron chi connectivity index (χ4n) is 4.40. The lowest BCUT2D eigenvalue weighted by atomic mass is 9.94. The number of methoxy groups -OCH3 is 1. The largest absolute Gasteiger partial charge is 0.493 e. The van der Waals surface area contributed by atoms with E-state index in [0.29, 0.717) is 56.9 Å². The average molecular weight is 562 g/mol. The summed E-state index contributed by atoms with van der Waals surface area (Å²) in [5.74, 6) is 2.11. The Bertz CT molecular complexity index is 1520. The number of carbonyl (C=O) groups is 1. The number of para-hydroxylation sites is 1. The number of nitrogens with one attached hydrogen (secondary N) is 2. The molecule has 1 aliphatic heterocycles. The van der Waals surface area contributed by atoms with Gasteiger partial charge in [0.2, 0.25) is 11.1 Å². The first-order chi connectivity index (χ1) is 19.0. The molecule has 0 bridgehead atoms.